The van der Waals surface area contributed by atoms with Crippen LogP contribution in [0.4, 0.5) is 5.69 Å². The monoisotopic (exact) mass is 380 g/mol. The smallest absolute Gasteiger partial charge is 0.328 e. The Kier molecular flexibility index (Phi) is 9.29. The number of esters is 1. The second-order valence-corrected chi connectivity index (χ2v) is 6.54. The minimum absolute atomic E-state index is 0.0416. The Balaban J connectivity index is 2.51. The number of methoxy groups -OCH3 is 2. The minimum Gasteiger partial charge on any atom is -0.497 e. The third kappa shape index (κ3) is 7.65. The van der Waals surface area contributed by atoms with Crippen LogP contribution in [0.3, 0.4) is 0 Å². The maximum Gasteiger partial charge on any atom is 0.328 e. The highest BCUT2D eigenvalue weighted by Gasteiger charge is 2.27. The van der Waals surface area contributed by atoms with Crippen molar-refractivity contribution in [1.29, 1.82) is 0 Å². The van der Waals surface area contributed by atoms with Gasteiger partial charge in [-0.15, -0.1) is 0 Å². The van der Waals surface area contributed by atoms with Gasteiger partial charge in [-0.3, -0.25) is 9.59 Å². The van der Waals surface area contributed by atoms with Crippen molar-refractivity contribution in [3.8, 4) is 5.75 Å². The lowest BCUT2D eigenvalue weighted by molar-refractivity contribution is -0.862. The molecule has 3 atom stereocenters. The quantitative estimate of drug-likeness (QED) is 0.491. The predicted octanol–water partition coefficient (Wildman–Crippen LogP) is -0.148. The van der Waals surface area contributed by atoms with Crippen LogP contribution in [0, 0.1) is 5.92 Å². The third-order valence-corrected chi connectivity index (χ3v) is 4.28. The average molecular weight is 380 g/mol. The van der Waals surface area contributed by atoms with Crippen molar-refractivity contribution in [3.63, 3.8) is 0 Å². The fourth-order valence-corrected chi connectivity index (χ4v) is 2.51. The maximum atomic E-state index is 12.2. The average Bonchev–Trinajstić information content (AvgIpc) is 2.65. The van der Waals surface area contributed by atoms with E-state index in [2.05, 4.69) is 10.6 Å². The van der Waals surface area contributed by atoms with E-state index < -0.39 is 12.0 Å². The SMILES string of the molecule is CC[C@H](C)[C@H](NC(=O)C[NH+](C)CC(=O)Nc1ccc(OC)cc1)C(=O)OC. The van der Waals surface area contributed by atoms with Crippen molar-refractivity contribution in [2.75, 3.05) is 39.7 Å². The van der Waals surface area contributed by atoms with Gasteiger partial charge in [0.2, 0.25) is 0 Å². The van der Waals surface area contributed by atoms with Gasteiger partial charge < -0.3 is 25.0 Å². The Hall–Kier alpha value is -2.61. The Labute approximate surface area is 160 Å². The number of benzene rings is 1. The molecule has 1 rings (SSSR count). The van der Waals surface area contributed by atoms with Crippen molar-refractivity contribution in [2.45, 2.75) is 26.3 Å². The summed E-state index contributed by atoms with van der Waals surface area (Å²) in [6.07, 6.45) is 0.729. The van der Waals surface area contributed by atoms with Crippen LogP contribution in [-0.4, -0.2) is 58.2 Å². The zero-order valence-electron chi connectivity index (χ0n) is 16.6. The fraction of sp³-hybridized carbons (Fsp3) is 0.526. The van der Waals surface area contributed by atoms with Gasteiger partial charge in [0.25, 0.3) is 11.8 Å². The molecule has 8 nitrogen and oxygen atoms in total. The van der Waals surface area contributed by atoms with Gasteiger partial charge in [0.05, 0.1) is 21.3 Å². The molecule has 0 saturated heterocycles. The molecule has 0 fully saturated rings. The Morgan fingerprint density at radius 1 is 1.07 bits per heavy atom. The minimum atomic E-state index is -0.687. The van der Waals surface area contributed by atoms with E-state index >= 15 is 0 Å². The fourth-order valence-electron chi connectivity index (χ4n) is 2.51. The highest BCUT2D eigenvalue weighted by atomic mass is 16.5. The molecule has 2 amide bonds. The summed E-state index contributed by atoms with van der Waals surface area (Å²) in [6.45, 7) is 4.00. The number of quaternary nitrogens is 1. The lowest BCUT2D eigenvalue weighted by atomic mass is 9.99. The molecule has 1 aromatic rings. The molecular weight excluding hydrogens is 350 g/mol. The lowest BCUT2D eigenvalue weighted by Gasteiger charge is -2.22. The maximum absolute atomic E-state index is 12.2. The second kappa shape index (κ2) is 11.2. The van der Waals surface area contributed by atoms with Gasteiger partial charge in [0.1, 0.15) is 11.8 Å². The molecule has 0 aliphatic carbocycles. The molecule has 0 heterocycles. The molecule has 0 spiro atoms. The molecule has 8 heteroatoms. The molecule has 0 saturated carbocycles. The van der Waals surface area contributed by atoms with Crippen molar-refractivity contribution in [1.82, 2.24) is 5.32 Å². The first-order valence-electron chi connectivity index (χ1n) is 8.93. The third-order valence-electron chi connectivity index (χ3n) is 4.28. The molecule has 1 aromatic carbocycles. The lowest BCUT2D eigenvalue weighted by Crippen LogP contribution is -3.11. The Bertz CT molecular complexity index is 633. The summed E-state index contributed by atoms with van der Waals surface area (Å²) in [5.74, 6) is -0.320. The van der Waals surface area contributed by atoms with Crippen LogP contribution in [0.25, 0.3) is 0 Å². The van der Waals surface area contributed by atoms with E-state index in [9.17, 15) is 14.4 Å². The van der Waals surface area contributed by atoms with Gasteiger partial charge in [0, 0.05) is 5.69 Å². The summed E-state index contributed by atoms with van der Waals surface area (Å²) in [5.41, 5.74) is 0.653. The molecular formula is C19H30N3O5+. The van der Waals surface area contributed by atoms with Gasteiger partial charge >= 0.3 is 5.97 Å². The number of likely N-dealkylation sites (N-methyl/N-ethyl adjacent to an activating group) is 1. The summed E-state index contributed by atoms with van der Waals surface area (Å²) in [5, 5.41) is 5.48. The predicted molar refractivity (Wildman–Crippen MR) is 102 cm³/mol. The van der Waals surface area contributed by atoms with E-state index in [-0.39, 0.29) is 30.8 Å². The first-order valence-corrected chi connectivity index (χ1v) is 8.93. The summed E-state index contributed by atoms with van der Waals surface area (Å²) in [7, 11) is 4.61. The number of carbonyl (C=O) groups is 3. The van der Waals surface area contributed by atoms with E-state index in [1.165, 1.54) is 7.11 Å². The summed E-state index contributed by atoms with van der Waals surface area (Å²) >= 11 is 0. The largest absolute Gasteiger partial charge is 0.497 e. The number of hydrogen-bond donors (Lipinski definition) is 3. The van der Waals surface area contributed by atoms with Crippen LogP contribution < -0.4 is 20.3 Å². The summed E-state index contributed by atoms with van der Waals surface area (Å²) < 4.78 is 9.82. The Morgan fingerprint density at radius 3 is 2.19 bits per heavy atom. The molecule has 0 aliphatic rings. The molecule has 0 aromatic heterocycles. The van der Waals surface area contributed by atoms with Crippen molar-refractivity contribution < 1.29 is 28.8 Å². The highest BCUT2D eigenvalue weighted by Crippen LogP contribution is 2.14. The van der Waals surface area contributed by atoms with Crippen LogP contribution in [0.1, 0.15) is 20.3 Å². The van der Waals surface area contributed by atoms with Gasteiger partial charge in [-0.05, 0) is 30.2 Å². The second-order valence-electron chi connectivity index (χ2n) is 6.54. The number of nitrogens with one attached hydrogen (secondary N) is 3. The van der Waals surface area contributed by atoms with Crippen molar-refractivity contribution in [3.05, 3.63) is 24.3 Å². The van der Waals surface area contributed by atoms with Crippen molar-refractivity contribution in [2.24, 2.45) is 5.92 Å². The normalized spacial score (nSPS) is 13.8. The number of ether oxygens (including phenoxy) is 2. The van der Waals surface area contributed by atoms with Crippen LogP contribution in [-0.2, 0) is 19.1 Å². The van der Waals surface area contributed by atoms with E-state index in [0.29, 0.717) is 16.3 Å². The highest BCUT2D eigenvalue weighted by molar-refractivity contribution is 5.91. The first kappa shape index (κ1) is 22.4. The molecule has 27 heavy (non-hydrogen) atoms. The number of hydrogen-bond acceptors (Lipinski definition) is 5. The standard InChI is InChI=1S/C19H29N3O5/c1-6-13(2)18(19(25)27-5)21-17(24)12-22(3)11-16(23)20-14-7-9-15(26-4)10-8-14/h7-10,13,18H,6,11-12H2,1-5H3,(H,20,23)(H,21,24)/p+1/t13-,18-/m0/s1. The number of anilines is 1. The molecule has 3 N–H and O–H groups in total. The van der Waals surface area contributed by atoms with Gasteiger partial charge in [-0.2, -0.15) is 0 Å². The zero-order chi connectivity index (χ0) is 20.4. The Morgan fingerprint density at radius 2 is 1.67 bits per heavy atom. The van der Waals surface area contributed by atoms with Crippen LogP contribution in [0.15, 0.2) is 24.3 Å². The molecule has 1 unspecified atom stereocenters. The van der Waals surface area contributed by atoms with Gasteiger partial charge in [0.15, 0.2) is 13.1 Å². The van der Waals surface area contributed by atoms with Crippen LogP contribution in [0.5, 0.6) is 5.75 Å². The van der Waals surface area contributed by atoms with Gasteiger partial charge in [-0.1, -0.05) is 20.3 Å². The molecule has 0 bridgehead atoms. The molecule has 150 valence electrons. The van der Waals surface area contributed by atoms with E-state index in [0.717, 1.165) is 6.42 Å². The molecule has 0 radical (unpaired) electrons. The van der Waals surface area contributed by atoms with Crippen molar-refractivity contribution >= 4 is 23.5 Å². The van der Waals surface area contributed by atoms with Crippen LogP contribution in [0.2, 0.25) is 0 Å². The topological polar surface area (TPSA) is 98.2 Å². The van der Waals surface area contributed by atoms with E-state index in [1.807, 2.05) is 13.8 Å². The zero-order valence-corrected chi connectivity index (χ0v) is 16.6. The van der Waals surface area contributed by atoms with Gasteiger partial charge in [-0.25, -0.2) is 4.79 Å². The van der Waals surface area contributed by atoms with E-state index in [4.69, 9.17) is 9.47 Å². The summed E-state index contributed by atoms with van der Waals surface area (Å²) in [4.78, 5) is 36.9. The summed E-state index contributed by atoms with van der Waals surface area (Å²) in [6, 6.07) is 6.30. The first-order chi connectivity index (χ1) is 12.8. The van der Waals surface area contributed by atoms with E-state index in [1.54, 1.807) is 38.4 Å². The number of amides is 2. The number of carbonyl (C=O) groups excluding carboxylic acids is 3. The number of rotatable bonds is 10. The van der Waals surface area contributed by atoms with Crippen LogP contribution >= 0.6 is 0 Å². The molecule has 0 aliphatic heterocycles.